The summed E-state index contributed by atoms with van der Waals surface area (Å²) in [7, 11) is 0. The molecule has 0 saturated carbocycles. The van der Waals surface area contributed by atoms with Crippen LogP contribution in [0.4, 0.5) is 5.95 Å². The maximum atomic E-state index is 5.99. The fourth-order valence-corrected chi connectivity index (χ4v) is 2.52. The van der Waals surface area contributed by atoms with Gasteiger partial charge in [0.1, 0.15) is 5.52 Å². The predicted molar refractivity (Wildman–Crippen MR) is 70.2 cm³/mol. The van der Waals surface area contributed by atoms with E-state index in [2.05, 4.69) is 9.97 Å². The number of hydrogen-bond acceptors (Lipinski definition) is 4. The first-order valence-corrected chi connectivity index (χ1v) is 6.40. The van der Waals surface area contributed by atoms with Crippen LogP contribution in [0.3, 0.4) is 0 Å². The molecule has 3 rings (SSSR count). The second-order valence-corrected chi connectivity index (χ2v) is 5.02. The van der Waals surface area contributed by atoms with Crippen molar-refractivity contribution in [3.8, 4) is 0 Å². The Kier molecular flexibility index (Phi) is 2.91. The van der Waals surface area contributed by atoms with Gasteiger partial charge in [-0.15, -0.1) is 0 Å². The normalized spacial score (nSPS) is 20.4. The molecule has 0 bridgehead atoms. The number of fused-ring (bicyclic) bond motifs is 1. The third-order valence-electron chi connectivity index (χ3n) is 3.45. The summed E-state index contributed by atoms with van der Waals surface area (Å²) in [5.41, 5.74) is 8.85. The van der Waals surface area contributed by atoms with E-state index in [1.807, 2.05) is 23.8 Å². The van der Waals surface area contributed by atoms with Crippen LogP contribution < -0.4 is 5.73 Å². The molecule has 96 valence electrons. The summed E-state index contributed by atoms with van der Waals surface area (Å²) in [6.07, 6.45) is 4.17. The van der Waals surface area contributed by atoms with Gasteiger partial charge in [-0.1, -0.05) is 0 Å². The van der Waals surface area contributed by atoms with E-state index >= 15 is 0 Å². The number of pyridine rings is 1. The maximum Gasteiger partial charge on any atom is 0.202 e. The average molecular weight is 246 g/mol. The lowest BCUT2D eigenvalue weighted by Crippen LogP contribution is -2.22. The molecule has 1 fully saturated rings. The molecule has 0 aliphatic carbocycles. The second-order valence-electron chi connectivity index (χ2n) is 5.02. The van der Waals surface area contributed by atoms with E-state index in [0.29, 0.717) is 11.9 Å². The van der Waals surface area contributed by atoms with Gasteiger partial charge in [-0.05, 0) is 31.4 Å². The summed E-state index contributed by atoms with van der Waals surface area (Å²) in [4.78, 5) is 8.82. The van der Waals surface area contributed by atoms with Gasteiger partial charge in [0.2, 0.25) is 5.95 Å². The number of anilines is 1. The number of nitrogens with two attached hydrogens (primary N) is 1. The van der Waals surface area contributed by atoms with E-state index in [0.717, 1.165) is 42.9 Å². The van der Waals surface area contributed by atoms with Gasteiger partial charge in [0.05, 0.1) is 6.61 Å². The fraction of sp³-hybridized carbons (Fsp3) is 0.538. The molecule has 0 radical (unpaired) electrons. The molecule has 1 aliphatic rings. The molecular formula is C13H18N4O. The number of aromatic nitrogens is 3. The molecule has 1 unspecified atom stereocenters. The zero-order chi connectivity index (χ0) is 12.5. The lowest BCUT2D eigenvalue weighted by atomic mass is 10.0. The SMILES string of the molecule is Cc1cnc2c(c1)nc(N)n2CC1CCCOC1. The molecule has 1 saturated heterocycles. The lowest BCUT2D eigenvalue weighted by molar-refractivity contribution is 0.0489. The molecular weight excluding hydrogens is 228 g/mol. The Morgan fingerprint density at radius 1 is 1.56 bits per heavy atom. The van der Waals surface area contributed by atoms with Crippen LogP contribution in [-0.4, -0.2) is 27.7 Å². The van der Waals surface area contributed by atoms with Crippen molar-refractivity contribution in [2.45, 2.75) is 26.3 Å². The lowest BCUT2D eigenvalue weighted by Gasteiger charge is -2.22. The first-order valence-electron chi connectivity index (χ1n) is 6.40. The minimum absolute atomic E-state index is 0.515. The average Bonchev–Trinajstić information content (AvgIpc) is 2.66. The van der Waals surface area contributed by atoms with E-state index in [1.54, 1.807) is 0 Å². The van der Waals surface area contributed by atoms with Crippen LogP contribution in [0, 0.1) is 12.8 Å². The Balaban J connectivity index is 1.92. The first-order chi connectivity index (χ1) is 8.74. The molecule has 0 spiro atoms. The molecule has 0 amide bonds. The highest BCUT2D eigenvalue weighted by molar-refractivity contribution is 5.74. The summed E-state index contributed by atoms with van der Waals surface area (Å²) < 4.78 is 7.51. The number of aryl methyl sites for hydroxylation is 1. The van der Waals surface area contributed by atoms with Gasteiger partial charge >= 0.3 is 0 Å². The fourth-order valence-electron chi connectivity index (χ4n) is 2.52. The highest BCUT2D eigenvalue weighted by atomic mass is 16.5. The summed E-state index contributed by atoms with van der Waals surface area (Å²) >= 11 is 0. The number of rotatable bonds is 2. The monoisotopic (exact) mass is 246 g/mol. The molecule has 1 atom stereocenters. The number of ether oxygens (including phenoxy) is 1. The van der Waals surface area contributed by atoms with Gasteiger partial charge in [-0.25, -0.2) is 9.97 Å². The second kappa shape index (κ2) is 4.57. The minimum Gasteiger partial charge on any atom is -0.381 e. The zero-order valence-electron chi connectivity index (χ0n) is 10.6. The first kappa shape index (κ1) is 11.5. The Labute approximate surface area is 106 Å². The standard InChI is InChI=1S/C13H18N4O/c1-9-5-11-12(15-6-9)17(13(14)16-11)7-10-3-2-4-18-8-10/h5-6,10H,2-4,7-8H2,1H3,(H2,14,16). The highest BCUT2D eigenvalue weighted by Crippen LogP contribution is 2.22. The van der Waals surface area contributed by atoms with Crippen LogP contribution in [0.15, 0.2) is 12.3 Å². The van der Waals surface area contributed by atoms with Crippen molar-refractivity contribution >= 4 is 17.1 Å². The van der Waals surface area contributed by atoms with Gasteiger partial charge < -0.3 is 10.5 Å². The molecule has 1 aliphatic heterocycles. The van der Waals surface area contributed by atoms with E-state index < -0.39 is 0 Å². The number of hydrogen-bond donors (Lipinski definition) is 1. The molecule has 2 aromatic heterocycles. The molecule has 18 heavy (non-hydrogen) atoms. The van der Waals surface area contributed by atoms with Crippen molar-refractivity contribution < 1.29 is 4.74 Å². The van der Waals surface area contributed by atoms with Gasteiger partial charge in [-0.2, -0.15) is 0 Å². The third kappa shape index (κ3) is 2.06. The Hall–Kier alpha value is -1.62. The Morgan fingerprint density at radius 3 is 3.22 bits per heavy atom. The number of nitrogen functional groups attached to an aromatic ring is 1. The predicted octanol–water partition coefficient (Wildman–Crippen LogP) is 1.75. The van der Waals surface area contributed by atoms with Crippen LogP contribution in [0.1, 0.15) is 18.4 Å². The third-order valence-corrected chi connectivity index (χ3v) is 3.45. The molecule has 0 aromatic carbocycles. The summed E-state index contributed by atoms with van der Waals surface area (Å²) in [5, 5.41) is 0. The smallest absolute Gasteiger partial charge is 0.202 e. The van der Waals surface area contributed by atoms with Crippen LogP contribution in [0.5, 0.6) is 0 Å². The van der Waals surface area contributed by atoms with Crippen molar-refractivity contribution in [3.05, 3.63) is 17.8 Å². The summed E-state index contributed by atoms with van der Waals surface area (Å²) in [6, 6.07) is 2.02. The number of imidazole rings is 1. The molecule has 5 heteroatoms. The highest BCUT2D eigenvalue weighted by Gasteiger charge is 2.18. The van der Waals surface area contributed by atoms with Crippen LogP contribution in [0.2, 0.25) is 0 Å². The van der Waals surface area contributed by atoms with Crippen molar-refractivity contribution in [3.63, 3.8) is 0 Å². The van der Waals surface area contributed by atoms with Gasteiger partial charge in [-0.3, -0.25) is 4.57 Å². The van der Waals surface area contributed by atoms with Gasteiger partial charge in [0.15, 0.2) is 5.65 Å². The van der Waals surface area contributed by atoms with E-state index in [1.165, 1.54) is 6.42 Å². The molecule has 2 aromatic rings. The van der Waals surface area contributed by atoms with Crippen LogP contribution >= 0.6 is 0 Å². The molecule has 2 N–H and O–H groups in total. The Bertz CT molecular complexity index is 557. The minimum atomic E-state index is 0.515. The van der Waals surface area contributed by atoms with Gasteiger partial charge in [0, 0.05) is 25.3 Å². The van der Waals surface area contributed by atoms with Crippen LogP contribution in [-0.2, 0) is 11.3 Å². The maximum absolute atomic E-state index is 5.99. The Morgan fingerprint density at radius 2 is 2.44 bits per heavy atom. The quantitative estimate of drug-likeness (QED) is 0.876. The van der Waals surface area contributed by atoms with Crippen LogP contribution in [0.25, 0.3) is 11.2 Å². The van der Waals surface area contributed by atoms with Crippen molar-refractivity contribution in [2.75, 3.05) is 18.9 Å². The molecule has 3 heterocycles. The zero-order valence-corrected chi connectivity index (χ0v) is 10.6. The molecule has 5 nitrogen and oxygen atoms in total. The number of nitrogens with zero attached hydrogens (tertiary/aromatic N) is 3. The van der Waals surface area contributed by atoms with Gasteiger partial charge in [0.25, 0.3) is 0 Å². The van der Waals surface area contributed by atoms with E-state index in [9.17, 15) is 0 Å². The van der Waals surface area contributed by atoms with Crippen molar-refractivity contribution in [1.82, 2.24) is 14.5 Å². The summed E-state index contributed by atoms with van der Waals surface area (Å²) in [5.74, 6) is 1.07. The van der Waals surface area contributed by atoms with E-state index in [-0.39, 0.29) is 0 Å². The topological polar surface area (TPSA) is 66.0 Å². The van der Waals surface area contributed by atoms with E-state index in [4.69, 9.17) is 10.5 Å². The summed E-state index contributed by atoms with van der Waals surface area (Å²) in [6.45, 7) is 4.55. The van der Waals surface area contributed by atoms with Crippen molar-refractivity contribution in [1.29, 1.82) is 0 Å². The largest absolute Gasteiger partial charge is 0.381 e. The van der Waals surface area contributed by atoms with Crippen molar-refractivity contribution in [2.24, 2.45) is 5.92 Å².